The van der Waals surface area contributed by atoms with Crippen LogP contribution in [0.25, 0.3) is 11.2 Å². The van der Waals surface area contributed by atoms with Crippen molar-refractivity contribution in [2.45, 2.75) is 26.0 Å². The Morgan fingerprint density at radius 3 is 2.75 bits per heavy atom. The fourth-order valence-electron chi connectivity index (χ4n) is 2.67. The van der Waals surface area contributed by atoms with Crippen LogP contribution in [0, 0.1) is 5.41 Å². The topological polar surface area (TPSA) is 127 Å². The van der Waals surface area contributed by atoms with E-state index in [1.165, 1.54) is 12.4 Å². The highest BCUT2D eigenvalue weighted by Crippen LogP contribution is 2.23. The average molecular weight is 401 g/mol. The number of nitrogens with one attached hydrogen (secondary N) is 4. The molecular formula is C19H21ClN6O2. The van der Waals surface area contributed by atoms with E-state index in [1.54, 1.807) is 39.1 Å². The molecule has 1 amide bonds. The highest BCUT2D eigenvalue weighted by atomic mass is 35.5. The second kappa shape index (κ2) is 7.95. The molecule has 2 heterocycles. The van der Waals surface area contributed by atoms with Crippen molar-refractivity contribution in [3.8, 4) is 0 Å². The van der Waals surface area contributed by atoms with E-state index in [4.69, 9.17) is 17.0 Å². The number of halogens is 1. The molecule has 0 aliphatic heterocycles. The molecule has 0 saturated heterocycles. The maximum Gasteiger partial charge on any atom is 0.255 e. The zero-order valence-corrected chi connectivity index (χ0v) is 16.4. The van der Waals surface area contributed by atoms with Crippen LogP contribution in [0.1, 0.15) is 35.5 Å². The van der Waals surface area contributed by atoms with Crippen LogP contribution in [0.4, 0.5) is 5.69 Å². The Kier molecular flexibility index (Phi) is 5.62. The third kappa shape index (κ3) is 3.83. The van der Waals surface area contributed by atoms with Gasteiger partial charge < -0.3 is 20.7 Å². The van der Waals surface area contributed by atoms with E-state index in [9.17, 15) is 9.90 Å². The summed E-state index contributed by atoms with van der Waals surface area (Å²) in [4.78, 5) is 24.2. The first-order chi connectivity index (χ1) is 13.3. The number of fused-ring (bicyclic) bond motifs is 1. The third-order valence-electron chi connectivity index (χ3n) is 4.48. The standard InChI is InChI=1S/C19H21ClN6O2/c1-9(10(2)27)25-19(28)13-7-23-18-17(13)26-15(8-24-18)16(21)12-5-4-11(20)6-14(12)22-3/h4-10,21-22,27H,1-3H3,(H,23,24)(H,25,28)/t9?,10-/m0/s1. The van der Waals surface area contributed by atoms with Crippen LogP contribution < -0.4 is 10.6 Å². The summed E-state index contributed by atoms with van der Waals surface area (Å²) in [5.41, 5.74) is 2.88. The lowest BCUT2D eigenvalue weighted by Crippen LogP contribution is -2.39. The van der Waals surface area contributed by atoms with E-state index >= 15 is 0 Å². The van der Waals surface area contributed by atoms with Crippen LogP contribution in [-0.2, 0) is 0 Å². The second-order valence-corrected chi connectivity index (χ2v) is 6.91. The molecule has 146 valence electrons. The number of aromatic nitrogens is 3. The van der Waals surface area contributed by atoms with E-state index in [2.05, 4.69) is 25.6 Å². The van der Waals surface area contributed by atoms with E-state index in [1.807, 2.05) is 0 Å². The van der Waals surface area contributed by atoms with Crippen molar-refractivity contribution in [3.63, 3.8) is 0 Å². The van der Waals surface area contributed by atoms with Gasteiger partial charge in [0.1, 0.15) is 11.2 Å². The fourth-order valence-corrected chi connectivity index (χ4v) is 2.84. The van der Waals surface area contributed by atoms with Crippen molar-refractivity contribution >= 4 is 40.1 Å². The van der Waals surface area contributed by atoms with Crippen LogP contribution in [0.3, 0.4) is 0 Å². The Morgan fingerprint density at radius 2 is 2.07 bits per heavy atom. The molecule has 5 N–H and O–H groups in total. The fraction of sp³-hybridized carbons (Fsp3) is 0.263. The Labute approximate surface area is 166 Å². The van der Waals surface area contributed by atoms with Crippen LogP contribution in [0.15, 0.2) is 30.6 Å². The van der Waals surface area contributed by atoms with Gasteiger partial charge >= 0.3 is 0 Å². The van der Waals surface area contributed by atoms with E-state index in [0.29, 0.717) is 38.7 Å². The van der Waals surface area contributed by atoms with E-state index in [-0.39, 0.29) is 11.6 Å². The summed E-state index contributed by atoms with van der Waals surface area (Å²) in [6.07, 6.45) is 2.31. The van der Waals surface area contributed by atoms with Gasteiger partial charge in [0.2, 0.25) is 0 Å². The highest BCUT2D eigenvalue weighted by molar-refractivity contribution is 6.31. The lowest BCUT2D eigenvalue weighted by molar-refractivity contribution is 0.0875. The number of hydrogen-bond donors (Lipinski definition) is 5. The van der Waals surface area contributed by atoms with Crippen molar-refractivity contribution in [1.29, 1.82) is 5.41 Å². The molecule has 0 spiro atoms. The first-order valence-electron chi connectivity index (χ1n) is 8.71. The molecule has 28 heavy (non-hydrogen) atoms. The molecule has 0 fully saturated rings. The van der Waals surface area contributed by atoms with Crippen LogP contribution in [0.5, 0.6) is 0 Å². The molecule has 2 atom stereocenters. The minimum Gasteiger partial charge on any atom is -0.391 e. The molecule has 0 aliphatic rings. The van der Waals surface area contributed by atoms with Gasteiger partial charge in [-0.2, -0.15) is 0 Å². The molecule has 9 heteroatoms. The van der Waals surface area contributed by atoms with Crippen LogP contribution in [0.2, 0.25) is 5.02 Å². The number of aliphatic hydroxyl groups excluding tert-OH is 1. The summed E-state index contributed by atoms with van der Waals surface area (Å²) in [5.74, 6) is -0.375. The minimum absolute atomic E-state index is 0.153. The number of benzene rings is 1. The number of hydrogen-bond acceptors (Lipinski definition) is 6. The van der Waals surface area contributed by atoms with Crippen LogP contribution in [-0.4, -0.2) is 50.9 Å². The number of H-pyrrole nitrogens is 1. The van der Waals surface area contributed by atoms with Gasteiger partial charge in [0.15, 0.2) is 5.65 Å². The average Bonchev–Trinajstić information content (AvgIpc) is 3.10. The highest BCUT2D eigenvalue weighted by Gasteiger charge is 2.20. The molecule has 0 aliphatic carbocycles. The summed E-state index contributed by atoms with van der Waals surface area (Å²) < 4.78 is 0. The monoisotopic (exact) mass is 400 g/mol. The molecule has 1 unspecified atom stereocenters. The number of nitrogens with zero attached hydrogens (tertiary/aromatic N) is 2. The van der Waals surface area contributed by atoms with Gasteiger partial charge in [0, 0.05) is 29.5 Å². The van der Waals surface area contributed by atoms with Gasteiger partial charge in [0.05, 0.1) is 29.6 Å². The summed E-state index contributed by atoms with van der Waals surface area (Å²) in [7, 11) is 1.75. The lowest BCUT2D eigenvalue weighted by atomic mass is 10.1. The summed E-state index contributed by atoms with van der Waals surface area (Å²) in [6.45, 7) is 3.31. The summed E-state index contributed by atoms with van der Waals surface area (Å²) in [6, 6.07) is 4.74. The maximum absolute atomic E-state index is 12.5. The Balaban J connectivity index is 1.98. The van der Waals surface area contributed by atoms with Gasteiger partial charge in [-0.05, 0) is 32.0 Å². The first kappa shape index (κ1) is 19.8. The number of anilines is 1. The molecule has 0 bridgehead atoms. The number of aromatic amines is 1. The van der Waals surface area contributed by atoms with Gasteiger partial charge in [-0.15, -0.1) is 0 Å². The summed E-state index contributed by atoms with van der Waals surface area (Å²) in [5, 5.41) is 24.4. The number of amides is 1. The normalized spacial score (nSPS) is 13.2. The zero-order valence-electron chi connectivity index (χ0n) is 15.7. The zero-order chi connectivity index (χ0) is 20.4. The molecule has 3 aromatic rings. The smallest absolute Gasteiger partial charge is 0.255 e. The van der Waals surface area contributed by atoms with Crippen molar-refractivity contribution in [2.24, 2.45) is 0 Å². The van der Waals surface area contributed by atoms with E-state index < -0.39 is 12.1 Å². The van der Waals surface area contributed by atoms with Crippen molar-refractivity contribution < 1.29 is 9.90 Å². The Hall–Kier alpha value is -2.97. The predicted molar refractivity (Wildman–Crippen MR) is 109 cm³/mol. The molecule has 0 saturated carbocycles. The second-order valence-electron chi connectivity index (χ2n) is 6.47. The predicted octanol–water partition coefficient (Wildman–Crippen LogP) is 2.57. The van der Waals surface area contributed by atoms with Gasteiger partial charge in [-0.3, -0.25) is 10.2 Å². The van der Waals surface area contributed by atoms with Gasteiger partial charge in [0.25, 0.3) is 5.91 Å². The SMILES string of the molecule is CNc1cc(Cl)ccc1C(=N)c1cnc2[nH]cc(C(=O)NC(C)[C@H](C)O)c2n1. The first-order valence-corrected chi connectivity index (χ1v) is 9.09. The molecule has 8 nitrogen and oxygen atoms in total. The van der Waals surface area contributed by atoms with Gasteiger partial charge in [-0.1, -0.05) is 11.6 Å². The van der Waals surface area contributed by atoms with Gasteiger partial charge in [-0.25, -0.2) is 9.97 Å². The number of rotatable bonds is 6. The number of carbonyl (C=O) groups is 1. The largest absolute Gasteiger partial charge is 0.391 e. The quantitative estimate of drug-likeness (QED) is 0.406. The Bertz CT molecular complexity index is 1050. The molecular weight excluding hydrogens is 380 g/mol. The van der Waals surface area contributed by atoms with Crippen LogP contribution >= 0.6 is 11.6 Å². The summed E-state index contributed by atoms with van der Waals surface area (Å²) >= 11 is 6.02. The minimum atomic E-state index is -0.686. The molecule has 1 aromatic carbocycles. The lowest BCUT2D eigenvalue weighted by Gasteiger charge is -2.16. The third-order valence-corrected chi connectivity index (χ3v) is 4.72. The van der Waals surface area contributed by atoms with Crippen molar-refractivity contribution in [1.82, 2.24) is 20.3 Å². The molecule has 3 rings (SSSR count). The number of aliphatic hydroxyl groups is 1. The molecule has 0 radical (unpaired) electrons. The number of carbonyl (C=O) groups excluding carboxylic acids is 1. The molecule has 2 aromatic heterocycles. The maximum atomic E-state index is 12.5. The van der Waals surface area contributed by atoms with Crippen molar-refractivity contribution in [3.05, 3.63) is 52.4 Å². The Morgan fingerprint density at radius 1 is 1.32 bits per heavy atom. The van der Waals surface area contributed by atoms with E-state index in [0.717, 1.165) is 0 Å². The van der Waals surface area contributed by atoms with Crippen molar-refractivity contribution in [2.75, 3.05) is 12.4 Å².